The van der Waals surface area contributed by atoms with Gasteiger partial charge in [-0.1, -0.05) is 19.9 Å². The molecule has 1 aliphatic carbocycles. The first-order valence-corrected chi connectivity index (χ1v) is 9.59. The second kappa shape index (κ2) is 6.79. The van der Waals surface area contributed by atoms with Crippen molar-refractivity contribution < 1.29 is 4.79 Å². The van der Waals surface area contributed by atoms with Gasteiger partial charge in [-0.3, -0.25) is 9.69 Å². The molecule has 3 heterocycles. The Hall–Kier alpha value is -1.88. The van der Waals surface area contributed by atoms with Gasteiger partial charge in [-0.25, -0.2) is 4.98 Å². The van der Waals surface area contributed by atoms with E-state index in [2.05, 4.69) is 23.7 Å². The van der Waals surface area contributed by atoms with Gasteiger partial charge < -0.3 is 9.30 Å². The van der Waals surface area contributed by atoms with Crippen molar-refractivity contribution in [3.8, 4) is 0 Å². The predicted molar refractivity (Wildman–Crippen MR) is 98.6 cm³/mol. The van der Waals surface area contributed by atoms with Crippen molar-refractivity contribution in [2.24, 2.45) is 11.8 Å². The van der Waals surface area contributed by atoms with Crippen LogP contribution >= 0.6 is 0 Å². The topological polar surface area (TPSA) is 40.9 Å². The third-order valence-electron chi connectivity index (χ3n) is 5.58. The Morgan fingerprint density at radius 2 is 2.12 bits per heavy atom. The highest BCUT2D eigenvalue weighted by Gasteiger charge is 2.33. The molecule has 0 spiro atoms. The number of nitrogens with zero attached hydrogens (tertiary/aromatic N) is 4. The van der Waals surface area contributed by atoms with E-state index in [0.717, 1.165) is 37.6 Å². The van der Waals surface area contributed by atoms with E-state index in [1.54, 1.807) is 0 Å². The zero-order valence-corrected chi connectivity index (χ0v) is 15.3. The van der Waals surface area contributed by atoms with E-state index < -0.39 is 0 Å². The van der Waals surface area contributed by atoms with Gasteiger partial charge in [0.15, 0.2) is 0 Å². The lowest BCUT2D eigenvalue weighted by Gasteiger charge is -2.34. The van der Waals surface area contributed by atoms with Gasteiger partial charge >= 0.3 is 0 Å². The van der Waals surface area contributed by atoms with Gasteiger partial charge in [0, 0.05) is 44.6 Å². The van der Waals surface area contributed by atoms with E-state index in [9.17, 15) is 4.79 Å². The number of hydrogen-bond acceptors (Lipinski definition) is 3. The van der Waals surface area contributed by atoms with Crippen LogP contribution in [0.3, 0.4) is 0 Å². The first kappa shape index (κ1) is 16.6. The lowest BCUT2D eigenvalue weighted by Crippen LogP contribution is -2.46. The molecule has 25 heavy (non-hydrogen) atoms. The smallest absolute Gasteiger partial charge is 0.274 e. The maximum atomic E-state index is 13.1. The number of fused-ring (bicyclic) bond motifs is 1. The normalized spacial score (nSPS) is 22.5. The minimum absolute atomic E-state index is 0.0719. The zero-order valence-electron chi connectivity index (χ0n) is 15.3. The molecule has 0 radical (unpaired) electrons. The maximum absolute atomic E-state index is 13.1. The summed E-state index contributed by atoms with van der Waals surface area (Å²) in [6, 6.07) is 6.30. The molecule has 1 atom stereocenters. The molecule has 2 aromatic heterocycles. The number of rotatable bonds is 4. The van der Waals surface area contributed by atoms with E-state index in [4.69, 9.17) is 0 Å². The number of carbonyl (C=O) groups is 1. The highest BCUT2D eigenvalue weighted by Crippen LogP contribution is 2.32. The Balaban J connectivity index is 1.53. The van der Waals surface area contributed by atoms with Crippen LogP contribution in [0.4, 0.5) is 0 Å². The zero-order chi connectivity index (χ0) is 17.4. The molecule has 5 heteroatoms. The second-order valence-corrected chi connectivity index (χ2v) is 7.95. The fourth-order valence-electron chi connectivity index (χ4n) is 3.94. The summed E-state index contributed by atoms with van der Waals surface area (Å²) in [6.45, 7) is 8.52. The van der Waals surface area contributed by atoms with E-state index in [1.165, 1.54) is 19.4 Å². The third kappa shape index (κ3) is 3.56. The molecule has 1 saturated heterocycles. The van der Waals surface area contributed by atoms with Crippen molar-refractivity contribution in [1.82, 2.24) is 19.2 Å². The molecule has 1 aliphatic heterocycles. The fourth-order valence-corrected chi connectivity index (χ4v) is 3.94. The van der Waals surface area contributed by atoms with Gasteiger partial charge in [0.05, 0.1) is 0 Å². The first-order valence-electron chi connectivity index (χ1n) is 9.59. The van der Waals surface area contributed by atoms with E-state index in [1.807, 2.05) is 39.9 Å². The van der Waals surface area contributed by atoms with E-state index >= 15 is 0 Å². The van der Waals surface area contributed by atoms with Gasteiger partial charge in [-0.2, -0.15) is 0 Å². The highest BCUT2D eigenvalue weighted by atomic mass is 16.2. The first-order chi connectivity index (χ1) is 12.1. The summed E-state index contributed by atoms with van der Waals surface area (Å²) in [5, 5.41) is 0. The summed E-state index contributed by atoms with van der Waals surface area (Å²) in [5.74, 6) is 1.51. The van der Waals surface area contributed by atoms with Crippen LogP contribution in [0, 0.1) is 11.8 Å². The summed E-state index contributed by atoms with van der Waals surface area (Å²) < 4.78 is 1.92. The molecule has 2 fully saturated rings. The Morgan fingerprint density at radius 3 is 2.84 bits per heavy atom. The average Bonchev–Trinajstić information content (AvgIpc) is 3.35. The van der Waals surface area contributed by atoms with Gasteiger partial charge in [-0.15, -0.1) is 0 Å². The SMILES string of the molecule is CC(C)[C@H]1CN(C(=O)c2cn3ccccc3n2)CCCN1CC1CC1. The van der Waals surface area contributed by atoms with E-state index in [0.29, 0.717) is 17.7 Å². The van der Waals surface area contributed by atoms with Crippen LogP contribution in [0.15, 0.2) is 30.6 Å². The van der Waals surface area contributed by atoms with Crippen molar-refractivity contribution in [3.05, 3.63) is 36.3 Å². The van der Waals surface area contributed by atoms with Gasteiger partial charge in [-0.05, 0) is 43.2 Å². The van der Waals surface area contributed by atoms with Crippen LogP contribution in [-0.4, -0.2) is 57.3 Å². The molecule has 0 aromatic carbocycles. The maximum Gasteiger partial charge on any atom is 0.274 e. The van der Waals surface area contributed by atoms with Crippen LogP contribution in [0.5, 0.6) is 0 Å². The lowest BCUT2D eigenvalue weighted by molar-refractivity contribution is 0.0699. The Labute approximate surface area is 149 Å². The van der Waals surface area contributed by atoms with Crippen molar-refractivity contribution in [3.63, 3.8) is 0 Å². The van der Waals surface area contributed by atoms with Crippen LogP contribution in [0.2, 0.25) is 0 Å². The van der Waals surface area contributed by atoms with Crippen molar-refractivity contribution in [2.75, 3.05) is 26.2 Å². The van der Waals surface area contributed by atoms with Gasteiger partial charge in [0.2, 0.25) is 0 Å². The summed E-state index contributed by atoms with van der Waals surface area (Å²) >= 11 is 0. The van der Waals surface area contributed by atoms with Gasteiger partial charge in [0.25, 0.3) is 5.91 Å². The fraction of sp³-hybridized carbons (Fsp3) is 0.600. The minimum Gasteiger partial charge on any atom is -0.336 e. The molecule has 0 unspecified atom stereocenters. The number of aromatic nitrogens is 2. The highest BCUT2D eigenvalue weighted by molar-refractivity contribution is 5.93. The molecule has 1 saturated carbocycles. The third-order valence-corrected chi connectivity index (χ3v) is 5.58. The van der Waals surface area contributed by atoms with Crippen LogP contribution in [0.25, 0.3) is 5.65 Å². The molecule has 1 amide bonds. The molecule has 2 aliphatic rings. The molecule has 134 valence electrons. The quantitative estimate of drug-likeness (QED) is 0.859. The standard InChI is InChI=1S/C20H28N4O/c1-15(2)18-14-24(11-5-10-22(18)12-16-7-8-16)20(25)17-13-23-9-4-3-6-19(23)21-17/h3-4,6,9,13,15-16,18H,5,7-8,10-12,14H2,1-2H3/t18-/m1/s1. The Morgan fingerprint density at radius 1 is 1.28 bits per heavy atom. The predicted octanol–water partition coefficient (Wildman–Crippen LogP) is 2.92. The van der Waals surface area contributed by atoms with Crippen LogP contribution in [-0.2, 0) is 0 Å². The number of carbonyl (C=O) groups excluding carboxylic acids is 1. The van der Waals surface area contributed by atoms with Gasteiger partial charge in [0.1, 0.15) is 11.3 Å². The molecule has 2 aromatic rings. The lowest BCUT2D eigenvalue weighted by atomic mass is 10.0. The van der Waals surface area contributed by atoms with Crippen LogP contribution in [0.1, 0.15) is 43.6 Å². The monoisotopic (exact) mass is 340 g/mol. The molecular formula is C20H28N4O. The molecule has 0 N–H and O–H groups in total. The second-order valence-electron chi connectivity index (χ2n) is 7.95. The summed E-state index contributed by atoms with van der Waals surface area (Å²) in [7, 11) is 0. The summed E-state index contributed by atoms with van der Waals surface area (Å²) in [5.41, 5.74) is 1.39. The molecular weight excluding hydrogens is 312 g/mol. The Bertz CT molecular complexity index is 716. The van der Waals surface area contributed by atoms with Crippen molar-refractivity contribution in [1.29, 1.82) is 0 Å². The van der Waals surface area contributed by atoms with Crippen molar-refractivity contribution >= 4 is 11.6 Å². The summed E-state index contributed by atoms with van der Waals surface area (Å²) in [4.78, 5) is 22.3. The summed E-state index contributed by atoms with van der Waals surface area (Å²) in [6.07, 6.45) is 7.61. The largest absolute Gasteiger partial charge is 0.336 e. The minimum atomic E-state index is 0.0719. The molecule has 0 bridgehead atoms. The number of imidazole rings is 1. The van der Waals surface area contributed by atoms with E-state index in [-0.39, 0.29) is 5.91 Å². The number of hydrogen-bond donors (Lipinski definition) is 0. The molecule has 5 nitrogen and oxygen atoms in total. The number of amides is 1. The number of pyridine rings is 1. The molecule has 4 rings (SSSR count). The van der Waals surface area contributed by atoms with Crippen molar-refractivity contribution in [2.45, 2.75) is 39.2 Å². The Kier molecular flexibility index (Phi) is 4.50. The van der Waals surface area contributed by atoms with Crippen LogP contribution < -0.4 is 0 Å². The average molecular weight is 340 g/mol.